The van der Waals surface area contributed by atoms with Crippen LogP contribution in [0.4, 0.5) is 5.69 Å². The van der Waals surface area contributed by atoms with E-state index in [2.05, 4.69) is 37.9 Å². The summed E-state index contributed by atoms with van der Waals surface area (Å²) in [4.78, 5) is 29.7. The molecule has 7 heteroatoms. The number of amides is 2. The van der Waals surface area contributed by atoms with E-state index in [9.17, 15) is 9.59 Å². The smallest absolute Gasteiger partial charge is 0.254 e. The Morgan fingerprint density at radius 3 is 2.58 bits per heavy atom. The van der Waals surface area contributed by atoms with Crippen molar-refractivity contribution in [1.29, 1.82) is 0 Å². The Bertz CT molecular complexity index is 1460. The SMILES string of the molecule is COCCN1C(=O)c2ccccc2C(C(=O)Nc2ccc(Br)cc2C)C1c1cn(C)c2ccccc12. The Morgan fingerprint density at radius 2 is 1.81 bits per heavy atom. The number of ether oxygens (including phenoxy) is 1. The maximum atomic E-state index is 14.1. The summed E-state index contributed by atoms with van der Waals surface area (Å²) < 4.78 is 8.38. The Balaban J connectivity index is 1.69. The summed E-state index contributed by atoms with van der Waals surface area (Å²) in [6.45, 7) is 2.71. The van der Waals surface area contributed by atoms with E-state index in [4.69, 9.17) is 4.74 Å². The highest BCUT2D eigenvalue weighted by molar-refractivity contribution is 9.10. The van der Waals surface area contributed by atoms with Crippen LogP contribution in [0.2, 0.25) is 0 Å². The summed E-state index contributed by atoms with van der Waals surface area (Å²) in [7, 11) is 3.61. The molecule has 3 aromatic carbocycles. The lowest BCUT2D eigenvalue weighted by Crippen LogP contribution is -2.47. The molecule has 0 radical (unpaired) electrons. The van der Waals surface area contributed by atoms with Crippen LogP contribution in [0.5, 0.6) is 0 Å². The molecule has 2 atom stereocenters. The maximum absolute atomic E-state index is 14.1. The predicted molar refractivity (Wildman–Crippen MR) is 145 cm³/mol. The fraction of sp³-hybridized carbons (Fsp3) is 0.241. The third-order valence-electron chi connectivity index (χ3n) is 6.95. The number of nitrogens with zero attached hydrogens (tertiary/aromatic N) is 2. The molecule has 1 aliphatic rings. The van der Waals surface area contributed by atoms with Crippen LogP contribution in [0.3, 0.4) is 0 Å². The van der Waals surface area contributed by atoms with Crippen LogP contribution in [0, 0.1) is 6.92 Å². The second-order valence-corrected chi connectivity index (χ2v) is 10.1. The van der Waals surface area contributed by atoms with Crippen molar-refractivity contribution in [3.63, 3.8) is 0 Å². The molecule has 0 spiro atoms. The zero-order valence-corrected chi connectivity index (χ0v) is 22.1. The van der Waals surface area contributed by atoms with Crippen LogP contribution in [0.25, 0.3) is 10.9 Å². The zero-order valence-electron chi connectivity index (χ0n) is 20.5. The van der Waals surface area contributed by atoms with E-state index in [1.165, 1.54) is 0 Å². The molecular weight excluding hydrogens is 518 g/mol. The Kier molecular flexibility index (Phi) is 6.69. The van der Waals surface area contributed by atoms with Crippen LogP contribution >= 0.6 is 15.9 Å². The number of hydrogen-bond acceptors (Lipinski definition) is 3. The lowest BCUT2D eigenvalue weighted by atomic mass is 9.79. The number of hydrogen-bond donors (Lipinski definition) is 1. The molecule has 2 unspecified atom stereocenters. The number of aryl methyl sites for hydroxylation is 2. The topological polar surface area (TPSA) is 63.6 Å². The highest BCUT2D eigenvalue weighted by Gasteiger charge is 2.45. The fourth-order valence-corrected chi connectivity index (χ4v) is 5.72. The molecule has 6 nitrogen and oxygen atoms in total. The van der Waals surface area contributed by atoms with Gasteiger partial charge in [-0.15, -0.1) is 0 Å². The van der Waals surface area contributed by atoms with Gasteiger partial charge in [0.05, 0.1) is 18.6 Å². The first kappa shape index (κ1) is 24.3. The molecule has 184 valence electrons. The monoisotopic (exact) mass is 545 g/mol. The van der Waals surface area contributed by atoms with Gasteiger partial charge >= 0.3 is 0 Å². The minimum absolute atomic E-state index is 0.0931. The molecule has 1 aliphatic heterocycles. The largest absolute Gasteiger partial charge is 0.383 e. The standard InChI is InChI=1S/C29H28BrN3O3/c1-18-16-19(30)12-13-24(18)31-28(34)26-21-9-4-5-10-22(21)29(35)33(14-15-36-3)27(26)23-17-32(2)25-11-7-6-8-20(23)25/h4-13,16-17,26-27H,14-15H2,1-3H3,(H,31,34). The van der Waals surface area contributed by atoms with E-state index in [0.29, 0.717) is 18.7 Å². The highest BCUT2D eigenvalue weighted by atomic mass is 79.9. The van der Waals surface area contributed by atoms with Crippen LogP contribution in [-0.2, 0) is 16.6 Å². The molecule has 2 amide bonds. The van der Waals surface area contributed by atoms with Crippen molar-refractivity contribution in [2.45, 2.75) is 18.9 Å². The number of benzene rings is 3. The molecule has 0 bridgehead atoms. The highest BCUT2D eigenvalue weighted by Crippen LogP contribution is 2.45. The summed E-state index contributed by atoms with van der Waals surface area (Å²) in [5.41, 5.74) is 4.99. The van der Waals surface area contributed by atoms with Gasteiger partial charge in [0.15, 0.2) is 0 Å². The number of carbonyl (C=O) groups is 2. The minimum atomic E-state index is -0.607. The third kappa shape index (κ3) is 4.22. The number of nitrogens with one attached hydrogen (secondary N) is 1. The van der Waals surface area contributed by atoms with Gasteiger partial charge < -0.3 is 19.5 Å². The average Bonchev–Trinajstić information content (AvgIpc) is 3.21. The van der Waals surface area contributed by atoms with Gasteiger partial charge in [-0.05, 0) is 48.4 Å². The lowest BCUT2D eigenvalue weighted by Gasteiger charge is -2.41. The van der Waals surface area contributed by atoms with Gasteiger partial charge in [0, 0.05) is 59.1 Å². The normalized spacial score (nSPS) is 17.3. The maximum Gasteiger partial charge on any atom is 0.254 e. The Hall–Kier alpha value is -3.42. The van der Waals surface area contributed by atoms with Gasteiger partial charge in [0.25, 0.3) is 5.91 Å². The molecular formula is C29H28BrN3O3. The Labute approximate surface area is 219 Å². The van der Waals surface area contributed by atoms with Gasteiger partial charge in [-0.2, -0.15) is 0 Å². The van der Waals surface area contributed by atoms with Crippen LogP contribution in [0.15, 0.2) is 77.4 Å². The molecule has 5 rings (SSSR count). The van der Waals surface area contributed by atoms with E-state index in [-0.39, 0.29) is 11.8 Å². The number of fused-ring (bicyclic) bond motifs is 2. The number of carbonyl (C=O) groups excluding carboxylic acids is 2. The summed E-state index contributed by atoms with van der Waals surface area (Å²) in [5.74, 6) is -0.852. The number of para-hydroxylation sites is 1. The fourth-order valence-electron chi connectivity index (χ4n) is 5.24. The minimum Gasteiger partial charge on any atom is -0.383 e. The summed E-state index contributed by atoms with van der Waals surface area (Å²) >= 11 is 3.49. The van der Waals surface area contributed by atoms with E-state index in [1.54, 1.807) is 12.0 Å². The first-order valence-electron chi connectivity index (χ1n) is 11.9. The molecule has 4 aromatic rings. The molecule has 1 N–H and O–H groups in total. The molecule has 1 aromatic heterocycles. The second-order valence-electron chi connectivity index (χ2n) is 9.16. The molecule has 2 heterocycles. The average molecular weight is 546 g/mol. The summed E-state index contributed by atoms with van der Waals surface area (Å²) in [6.07, 6.45) is 2.04. The molecule has 0 aliphatic carbocycles. The Morgan fingerprint density at radius 1 is 1.06 bits per heavy atom. The molecule has 0 saturated heterocycles. The van der Waals surface area contributed by atoms with E-state index >= 15 is 0 Å². The molecule has 36 heavy (non-hydrogen) atoms. The van der Waals surface area contributed by atoms with Gasteiger partial charge in [0.2, 0.25) is 5.91 Å². The van der Waals surface area contributed by atoms with Gasteiger partial charge in [-0.25, -0.2) is 0 Å². The van der Waals surface area contributed by atoms with Crippen molar-refractivity contribution in [2.75, 3.05) is 25.6 Å². The number of anilines is 1. The van der Waals surface area contributed by atoms with Crippen LogP contribution in [0.1, 0.15) is 39.0 Å². The van der Waals surface area contributed by atoms with Crippen molar-refractivity contribution in [3.05, 3.63) is 99.7 Å². The van der Waals surface area contributed by atoms with Crippen molar-refractivity contribution in [2.24, 2.45) is 7.05 Å². The van der Waals surface area contributed by atoms with E-state index < -0.39 is 12.0 Å². The van der Waals surface area contributed by atoms with Crippen LogP contribution in [-0.4, -0.2) is 41.5 Å². The first-order chi connectivity index (χ1) is 17.4. The number of methoxy groups -OCH3 is 1. The number of halogens is 1. The van der Waals surface area contributed by atoms with Gasteiger partial charge in [-0.3, -0.25) is 9.59 Å². The quantitative estimate of drug-likeness (QED) is 0.332. The third-order valence-corrected chi connectivity index (χ3v) is 7.44. The van der Waals surface area contributed by atoms with Gasteiger partial charge in [-0.1, -0.05) is 52.3 Å². The van der Waals surface area contributed by atoms with Crippen LogP contribution < -0.4 is 5.32 Å². The van der Waals surface area contributed by atoms with Crippen molar-refractivity contribution >= 4 is 44.3 Å². The molecule has 0 saturated carbocycles. The van der Waals surface area contributed by atoms with E-state index in [1.807, 2.05) is 74.8 Å². The van der Waals surface area contributed by atoms with Crippen molar-refractivity contribution in [1.82, 2.24) is 9.47 Å². The lowest BCUT2D eigenvalue weighted by molar-refractivity contribution is -0.119. The number of rotatable bonds is 6. The first-order valence-corrected chi connectivity index (χ1v) is 12.7. The van der Waals surface area contributed by atoms with E-state index in [0.717, 1.165) is 37.8 Å². The van der Waals surface area contributed by atoms with Crippen molar-refractivity contribution in [3.8, 4) is 0 Å². The summed E-state index contributed by atoms with van der Waals surface area (Å²) in [5, 5.41) is 4.18. The summed E-state index contributed by atoms with van der Waals surface area (Å²) in [6, 6.07) is 20.8. The van der Waals surface area contributed by atoms with Gasteiger partial charge in [0.1, 0.15) is 0 Å². The zero-order chi connectivity index (χ0) is 25.4. The predicted octanol–water partition coefficient (Wildman–Crippen LogP) is 5.82. The second kappa shape index (κ2) is 9.91. The molecule has 0 fully saturated rings. The number of aromatic nitrogens is 1. The van der Waals surface area contributed by atoms with Crippen molar-refractivity contribution < 1.29 is 14.3 Å².